The first-order valence-electron chi connectivity index (χ1n) is 5.21. The first-order chi connectivity index (χ1) is 10.5. The minimum atomic E-state index is -7.01. The third-order valence-electron chi connectivity index (χ3n) is 2.29. The Morgan fingerprint density at radius 2 is 1.17 bits per heavy atom. The Kier molecular flexibility index (Phi) is 4.79. The van der Waals surface area contributed by atoms with Gasteiger partial charge in [-0.15, -0.1) is 3.71 Å². The summed E-state index contributed by atoms with van der Waals surface area (Å²) in [6, 6.07) is 0.898. The molecule has 0 atom stereocenters. The van der Waals surface area contributed by atoms with Gasteiger partial charge in [-0.05, 0) is 12.1 Å². The van der Waals surface area contributed by atoms with Gasteiger partial charge in [0.1, 0.15) is 0 Å². The normalized spacial score (nSPS) is 13.6. The van der Waals surface area contributed by atoms with Crippen LogP contribution in [0.4, 0.5) is 37.7 Å². The Hall–Kier alpha value is -2.10. The fraction of sp³-hybridized carbons (Fsp3) is 0.250. The molecule has 0 amide bonds. The van der Waals surface area contributed by atoms with Gasteiger partial charge in [0, 0.05) is 12.1 Å². The molecule has 8 nitrogen and oxygen atoms in total. The second-order valence-electron chi connectivity index (χ2n) is 3.87. The van der Waals surface area contributed by atoms with Crippen LogP contribution in [0.5, 0.6) is 0 Å². The summed E-state index contributed by atoms with van der Waals surface area (Å²) in [5, 5.41) is 10.4. The zero-order valence-electron chi connectivity index (χ0n) is 10.7. The van der Waals surface area contributed by atoms with Crippen molar-refractivity contribution in [3.05, 3.63) is 34.4 Å². The first-order valence-corrected chi connectivity index (χ1v) is 8.09. The number of nitrogens with zero attached hydrogens (tertiary/aromatic N) is 2. The average molecular weight is 402 g/mol. The Morgan fingerprint density at radius 3 is 1.42 bits per heavy atom. The molecule has 136 valence electrons. The lowest BCUT2D eigenvalue weighted by Crippen LogP contribution is -2.49. The number of sulfonamides is 2. The van der Waals surface area contributed by atoms with Gasteiger partial charge < -0.3 is 0 Å². The Labute approximate surface area is 129 Å². The minimum Gasteiger partial charge on any atom is -0.258 e. The van der Waals surface area contributed by atoms with Crippen LogP contribution in [0.1, 0.15) is 0 Å². The van der Waals surface area contributed by atoms with Gasteiger partial charge in [0.25, 0.3) is 5.69 Å². The standard InChI is InChI=1S/C8H4F6N2O6S2/c9-7(10,11)23(19,20)16(24(21,22)8(12,13)14)6-3-1-5(2-4-6)15(17)18/h1-4H. The maximum absolute atomic E-state index is 12.5. The van der Waals surface area contributed by atoms with E-state index in [4.69, 9.17) is 0 Å². The molecule has 0 heterocycles. The van der Waals surface area contributed by atoms with E-state index in [1.165, 1.54) is 0 Å². The van der Waals surface area contributed by atoms with Crippen LogP contribution in [0.25, 0.3) is 0 Å². The highest BCUT2D eigenvalue weighted by atomic mass is 32.3. The van der Waals surface area contributed by atoms with Gasteiger partial charge in [-0.2, -0.15) is 43.2 Å². The van der Waals surface area contributed by atoms with Crippen molar-refractivity contribution in [1.29, 1.82) is 0 Å². The summed E-state index contributed by atoms with van der Waals surface area (Å²) in [6.45, 7) is 0. The molecule has 0 saturated heterocycles. The van der Waals surface area contributed by atoms with E-state index in [1.54, 1.807) is 0 Å². The number of non-ortho nitro benzene ring substituents is 1. The summed E-state index contributed by atoms with van der Waals surface area (Å²) >= 11 is 0. The SMILES string of the molecule is O=[N+]([O-])c1ccc(N(S(=O)(=O)C(F)(F)F)S(=O)(=O)C(F)(F)F)cc1. The van der Waals surface area contributed by atoms with E-state index in [2.05, 4.69) is 0 Å². The fourth-order valence-electron chi connectivity index (χ4n) is 1.29. The number of rotatable bonds is 4. The molecular weight excluding hydrogens is 398 g/mol. The van der Waals surface area contributed by atoms with E-state index < -0.39 is 51.1 Å². The molecule has 1 aromatic carbocycles. The van der Waals surface area contributed by atoms with Crippen LogP contribution >= 0.6 is 0 Å². The van der Waals surface area contributed by atoms with E-state index in [9.17, 15) is 53.3 Å². The monoisotopic (exact) mass is 402 g/mol. The summed E-state index contributed by atoms with van der Waals surface area (Å²) < 4.78 is 118. The molecule has 0 spiro atoms. The van der Waals surface area contributed by atoms with E-state index in [-0.39, 0.29) is 12.1 Å². The number of alkyl halides is 6. The Bertz CT molecular complexity index is 799. The van der Waals surface area contributed by atoms with Crippen molar-refractivity contribution in [1.82, 2.24) is 0 Å². The van der Waals surface area contributed by atoms with Gasteiger partial charge in [0.05, 0.1) is 10.6 Å². The van der Waals surface area contributed by atoms with Gasteiger partial charge in [0.2, 0.25) is 0 Å². The number of nitro groups is 1. The lowest BCUT2D eigenvalue weighted by atomic mass is 10.3. The molecule has 0 aliphatic heterocycles. The largest absolute Gasteiger partial charge is 0.517 e. The molecule has 0 fully saturated rings. The summed E-state index contributed by atoms with van der Waals surface area (Å²) in [5.41, 5.74) is -15.2. The number of nitro benzene ring substituents is 1. The van der Waals surface area contributed by atoms with E-state index in [0.29, 0.717) is 12.1 Å². The van der Waals surface area contributed by atoms with Crippen LogP contribution < -0.4 is 3.71 Å². The van der Waals surface area contributed by atoms with Crippen molar-refractivity contribution in [3.63, 3.8) is 0 Å². The second kappa shape index (κ2) is 5.76. The number of hydrogen-bond donors (Lipinski definition) is 0. The zero-order valence-corrected chi connectivity index (χ0v) is 12.4. The molecule has 0 saturated carbocycles. The first kappa shape index (κ1) is 19.9. The maximum Gasteiger partial charge on any atom is 0.517 e. The molecule has 1 aromatic rings. The van der Waals surface area contributed by atoms with Crippen molar-refractivity contribution < 1.29 is 48.1 Å². The number of hydrogen-bond acceptors (Lipinski definition) is 6. The number of anilines is 1. The highest BCUT2D eigenvalue weighted by Crippen LogP contribution is 2.38. The van der Waals surface area contributed by atoms with Crippen LogP contribution in [-0.2, 0) is 20.0 Å². The lowest BCUT2D eigenvalue weighted by Gasteiger charge is -2.25. The van der Waals surface area contributed by atoms with Crippen molar-refractivity contribution in [2.45, 2.75) is 11.0 Å². The fourth-order valence-corrected chi connectivity index (χ4v) is 4.01. The summed E-state index contributed by atoms with van der Waals surface area (Å²) in [4.78, 5) is 9.30. The highest BCUT2D eigenvalue weighted by molar-refractivity contribution is 8.11. The topological polar surface area (TPSA) is 115 Å². The van der Waals surface area contributed by atoms with E-state index in [1.807, 2.05) is 0 Å². The number of halogens is 6. The third-order valence-corrected chi connectivity index (χ3v) is 5.94. The molecule has 1 rings (SSSR count). The number of benzene rings is 1. The minimum absolute atomic E-state index is 0.116. The summed E-state index contributed by atoms with van der Waals surface area (Å²) in [6.07, 6.45) is 0. The molecule has 24 heavy (non-hydrogen) atoms. The smallest absolute Gasteiger partial charge is 0.258 e. The van der Waals surface area contributed by atoms with Gasteiger partial charge in [0.15, 0.2) is 0 Å². The van der Waals surface area contributed by atoms with Crippen LogP contribution in [0, 0.1) is 10.1 Å². The quantitative estimate of drug-likeness (QED) is 0.433. The van der Waals surface area contributed by atoms with Crippen molar-refractivity contribution in [3.8, 4) is 0 Å². The van der Waals surface area contributed by atoms with Crippen LogP contribution in [-0.4, -0.2) is 32.8 Å². The molecule has 0 aromatic heterocycles. The summed E-state index contributed by atoms with van der Waals surface area (Å²) in [5.74, 6) is 0. The summed E-state index contributed by atoms with van der Waals surface area (Å²) in [7, 11) is -14.0. The van der Waals surface area contributed by atoms with Gasteiger partial charge in [-0.25, -0.2) is 0 Å². The van der Waals surface area contributed by atoms with Crippen LogP contribution in [0.3, 0.4) is 0 Å². The van der Waals surface area contributed by atoms with E-state index in [0.717, 1.165) is 0 Å². The zero-order chi connectivity index (χ0) is 19.1. The van der Waals surface area contributed by atoms with E-state index >= 15 is 0 Å². The van der Waals surface area contributed by atoms with Crippen molar-refractivity contribution >= 4 is 31.4 Å². The molecular formula is C8H4F6N2O6S2. The predicted molar refractivity (Wildman–Crippen MR) is 65.5 cm³/mol. The van der Waals surface area contributed by atoms with Crippen LogP contribution in [0.2, 0.25) is 0 Å². The van der Waals surface area contributed by atoms with Gasteiger partial charge in [-0.1, -0.05) is 0 Å². The van der Waals surface area contributed by atoms with Gasteiger partial charge in [-0.3, -0.25) is 10.1 Å². The van der Waals surface area contributed by atoms with Gasteiger partial charge >= 0.3 is 31.1 Å². The Balaban J connectivity index is 3.73. The molecule has 0 unspecified atom stereocenters. The van der Waals surface area contributed by atoms with Crippen LogP contribution in [0.15, 0.2) is 24.3 Å². The molecule has 16 heteroatoms. The maximum atomic E-state index is 12.5. The molecule has 0 radical (unpaired) electrons. The Morgan fingerprint density at radius 1 is 0.833 bits per heavy atom. The highest BCUT2D eigenvalue weighted by Gasteiger charge is 2.61. The van der Waals surface area contributed by atoms with Crippen molar-refractivity contribution in [2.75, 3.05) is 3.71 Å². The second-order valence-corrected chi connectivity index (χ2v) is 7.66. The molecule has 0 N–H and O–H groups in total. The average Bonchev–Trinajstić information content (AvgIpc) is 2.36. The molecule has 0 bridgehead atoms. The predicted octanol–water partition coefficient (Wildman–Crippen LogP) is 2.10. The molecule has 0 aliphatic rings. The van der Waals surface area contributed by atoms with Crippen molar-refractivity contribution in [2.24, 2.45) is 0 Å². The molecule has 0 aliphatic carbocycles. The lowest BCUT2D eigenvalue weighted by molar-refractivity contribution is -0.384. The third kappa shape index (κ3) is 3.37.